The summed E-state index contributed by atoms with van der Waals surface area (Å²) in [7, 11) is 0. The van der Waals surface area contributed by atoms with Crippen LogP contribution in [0.3, 0.4) is 0 Å². The largest absolute Gasteiger partial charge is 0.353 e. The molecule has 4 N–H and O–H groups in total. The highest BCUT2D eigenvalue weighted by atomic mass is 79.9. The van der Waals surface area contributed by atoms with Crippen molar-refractivity contribution in [3.8, 4) is 0 Å². The van der Waals surface area contributed by atoms with Gasteiger partial charge in [0, 0.05) is 20.7 Å². The summed E-state index contributed by atoms with van der Waals surface area (Å²) in [6.07, 6.45) is 0. The molecule has 0 bridgehead atoms. The molecule has 0 spiro atoms. The summed E-state index contributed by atoms with van der Waals surface area (Å²) in [6, 6.07) is 8.03. The van der Waals surface area contributed by atoms with E-state index in [0.29, 0.717) is 6.54 Å². The van der Waals surface area contributed by atoms with E-state index in [2.05, 4.69) is 40.4 Å². The molecule has 116 valence electrons. The van der Waals surface area contributed by atoms with Crippen molar-refractivity contribution in [3.63, 3.8) is 0 Å². The molecule has 0 saturated heterocycles. The van der Waals surface area contributed by atoms with E-state index in [1.165, 1.54) is 0 Å². The molecule has 0 aliphatic rings. The van der Waals surface area contributed by atoms with Gasteiger partial charge in [-0.3, -0.25) is 9.59 Å². The summed E-state index contributed by atoms with van der Waals surface area (Å²) in [5, 5.41) is 5.25. The maximum absolute atomic E-state index is 11.6. The first kappa shape index (κ1) is 18.0. The summed E-state index contributed by atoms with van der Waals surface area (Å²) < 4.78 is 0.884. The SMILES string of the molecule is CC(C)(CNC(=O)CNC(=O)CN)Sc1ccc(Br)cc1. The first-order chi connectivity index (χ1) is 9.82. The van der Waals surface area contributed by atoms with Crippen molar-refractivity contribution in [1.82, 2.24) is 10.6 Å². The van der Waals surface area contributed by atoms with E-state index < -0.39 is 0 Å². The van der Waals surface area contributed by atoms with Gasteiger partial charge in [-0.1, -0.05) is 15.9 Å². The molecule has 0 unspecified atom stereocenters. The molecule has 0 aliphatic heterocycles. The Morgan fingerprint density at radius 3 is 2.38 bits per heavy atom. The quantitative estimate of drug-likeness (QED) is 0.632. The summed E-state index contributed by atoms with van der Waals surface area (Å²) in [5.41, 5.74) is 5.15. The molecule has 1 aromatic carbocycles. The van der Waals surface area contributed by atoms with Crippen molar-refractivity contribution in [2.75, 3.05) is 19.6 Å². The number of nitrogens with two attached hydrogens (primary N) is 1. The summed E-state index contributed by atoms with van der Waals surface area (Å²) in [5.74, 6) is -0.560. The van der Waals surface area contributed by atoms with Crippen LogP contribution in [0.1, 0.15) is 13.8 Å². The first-order valence-corrected chi connectivity index (χ1v) is 8.11. The summed E-state index contributed by atoms with van der Waals surface area (Å²) >= 11 is 5.08. The molecule has 0 radical (unpaired) electrons. The molecule has 0 aliphatic carbocycles. The monoisotopic (exact) mass is 373 g/mol. The molecule has 5 nitrogen and oxygen atoms in total. The number of benzene rings is 1. The predicted molar refractivity (Wildman–Crippen MR) is 89.2 cm³/mol. The molecular formula is C14H20BrN3O2S. The molecule has 1 rings (SSSR count). The van der Waals surface area contributed by atoms with Gasteiger partial charge in [-0.15, -0.1) is 11.8 Å². The van der Waals surface area contributed by atoms with E-state index in [1.54, 1.807) is 11.8 Å². The zero-order valence-electron chi connectivity index (χ0n) is 12.1. The molecular weight excluding hydrogens is 354 g/mol. The van der Waals surface area contributed by atoms with Gasteiger partial charge in [0.25, 0.3) is 0 Å². The third kappa shape index (κ3) is 7.50. The number of rotatable bonds is 7. The van der Waals surface area contributed by atoms with Gasteiger partial charge in [0.2, 0.25) is 11.8 Å². The van der Waals surface area contributed by atoms with E-state index in [-0.39, 0.29) is 29.7 Å². The van der Waals surface area contributed by atoms with Gasteiger partial charge < -0.3 is 16.4 Å². The molecule has 0 saturated carbocycles. The van der Waals surface area contributed by atoms with E-state index >= 15 is 0 Å². The molecule has 0 fully saturated rings. The average Bonchev–Trinajstić information content (AvgIpc) is 2.45. The van der Waals surface area contributed by atoms with Crippen molar-refractivity contribution in [3.05, 3.63) is 28.7 Å². The number of thioether (sulfide) groups is 1. The number of carbonyl (C=O) groups excluding carboxylic acids is 2. The topological polar surface area (TPSA) is 84.2 Å². The van der Waals surface area contributed by atoms with E-state index in [0.717, 1.165) is 9.37 Å². The van der Waals surface area contributed by atoms with Crippen LogP contribution in [0.15, 0.2) is 33.6 Å². The van der Waals surface area contributed by atoms with Crippen LogP contribution in [-0.2, 0) is 9.59 Å². The lowest BCUT2D eigenvalue weighted by molar-refractivity contribution is -0.125. The molecule has 21 heavy (non-hydrogen) atoms. The Balaban J connectivity index is 2.40. The van der Waals surface area contributed by atoms with E-state index in [9.17, 15) is 9.59 Å². The second kappa shape index (κ2) is 8.41. The highest BCUT2D eigenvalue weighted by Gasteiger charge is 2.20. The van der Waals surface area contributed by atoms with Gasteiger partial charge in [0.05, 0.1) is 13.1 Å². The van der Waals surface area contributed by atoms with Gasteiger partial charge in [-0.05, 0) is 38.1 Å². The lowest BCUT2D eigenvalue weighted by atomic mass is 10.2. The second-order valence-electron chi connectivity index (χ2n) is 5.07. The van der Waals surface area contributed by atoms with Gasteiger partial charge in [-0.25, -0.2) is 0 Å². The minimum atomic E-state index is -0.339. The van der Waals surface area contributed by atoms with Crippen molar-refractivity contribution in [2.45, 2.75) is 23.5 Å². The fourth-order valence-electron chi connectivity index (χ4n) is 1.48. The number of halogens is 1. The molecule has 2 amide bonds. The maximum Gasteiger partial charge on any atom is 0.239 e. The number of hydrogen-bond acceptors (Lipinski definition) is 4. The van der Waals surface area contributed by atoms with Crippen molar-refractivity contribution < 1.29 is 9.59 Å². The summed E-state index contributed by atoms with van der Waals surface area (Å²) in [4.78, 5) is 23.7. The van der Waals surface area contributed by atoms with Crippen LogP contribution >= 0.6 is 27.7 Å². The van der Waals surface area contributed by atoms with Gasteiger partial charge >= 0.3 is 0 Å². The fourth-order valence-corrected chi connectivity index (χ4v) is 2.80. The molecule has 0 atom stereocenters. The Morgan fingerprint density at radius 2 is 1.81 bits per heavy atom. The van der Waals surface area contributed by atoms with Crippen molar-refractivity contribution in [1.29, 1.82) is 0 Å². The van der Waals surface area contributed by atoms with Crippen LogP contribution in [0.2, 0.25) is 0 Å². The van der Waals surface area contributed by atoms with Gasteiger partial charge in [0.1, 0.15) is 0 Å². The number of hydrogen-bond donors (Lipinski definition) is 3. The molecule has 0 aromatic heterocycles. The molecule has 7 heteroatoms. The maximum atomic E-state index is 11.6. The standard InChI is InChI=1S/C14H20BrN3O2S/c1-14(2,21-11-5-3-10(15)4-6-11)9-18-13(20)8-17-12(19)7-16/h3-6H,7-9,16H2,1-2H3,(H,17,19)(H,18,20). The Labute approximate surface area is 137 Å². The second-order valence-corrected chi connectivity index (χ2v) is 7.77. The van der Waals surface area contributed by atoms with Crippen LogP contribution in [-0.4, -0.2) is 36.2 Å². The van der Waals surface area contributed by atoms with Crippen LogP contribution in [0.25, 0.3) is 0 Å². The van der Waals surface area contributed by atoms with Crippen LogP contribution < -0.4 is 16.4 Å². The smallest absolute Gasteiger partial charge is 0.239 e. The van der Waals surface area contributed by atoms with Crippen LogP contribution in [0.5, 0.6) is 0 Å². The molecule has 1 aromatic rings. The van der Waals surface area contributed by atoms with Crippen molar-refractivity contribution in [2.24, 2.45) is 5.73 Å². The third-order valence-electron chi connectivity index (χ3n) is 2.55. The number of carbonyl (C=O) groups is 2. The Hall–Kier alpha value is -1.05. The third-order valence-corrected chi connectivity index (χ3v) is 4.28. The van der Waals surface area contributed by atoms with Crippen LogP contribution in [0, 0.1) is 0 Å². The predicted octanol–water partition coefficient (Wildman–Crippen LogP) is 1.51. The fraction of sp³-hybridized carbons (Fsp3) is 0.429. The highest BCUT2D eigenvalue weighted by molar-refractivity contribution is 9.10. The summed E-state index contributed by atoms with van der Waals surface area (Å²) in [6.45, 7) is 4.45. The minimum Gasteiger partial charge on any atom is -0.353 e. The first-order valence-electron chi connectivity index (χ1n) is 6.50. The average molecular weight is 374 g/mol. The lowest BCUT2D eigenvalue weighted by Gasteiger charge is -2.24. The molecule has 0 heterocycles. The Bertz CT molecular complexity index is 491. The number of nitrogens with one attached hydrogen (secondary N) is 2. The lowest BCUT2D eigenvalue weighted by Crippen LogP contribution is -2.43. The van der Waals surface area contributed by atoms with Crippen molar-refractivity contribution >= 4 is 39.5 Å². The normalized spacial score (nSPS) is 11.0. The van der Waals surface area contributed by atoms with Crippen LogP contribution in [0.4, 0.5) is 0 Å². The highest BCUT2D eigenvalue weighted by Crippen LogP contribution is 2.32. The Kier molecular flexibility index (Phi) is 7.21. The zero-order valence-corrected chi connectivity index (χ0v) is 14.5. The van der Waals surface area contributed by atoms with E-state index in [4.69, 9.17) is 5.73 Å². The number of amides is 2. The van der Waals surface area contributed by atoms with E-state index in [1.807, 2.05) is 24.3 Å². The minimum absolute atomic E-state index is 0.0466. The zero-order chi connectivity index (χ0) is 15.9. The Morgan fingerprint density at radius 1 is 1.19 bits per heavy atom. The van der Waals surface area contributed by atoms with Gasteiger partial charge in [0.15, 0.2) is 0 Å². The van der Waals surface area contributed by atoms with Gasteiger partial charge in [-0.2, -0.15) is 0 Å².